The summed E-state index contributed by atoms with van der Waals surface area (Å²) in [6, 6.07) is 1.47. The molecule has 0 aromatic carbocycles. The molecule has 1 fully saturated rings. The summed E-state index contributed by atoms with van der Waals surface area (Å²) in [6.07, 6.45) is 2.05. The van der Waals surface area contributed by atoms with E-state index < -0.39 is 11.9 Å². The number of thiazole rings is 1. The van der Waals surface area contributed by atoms with Gasteiger partial charge in [-0.1, -0.05) is 11.6 Å². The summed E-state index contributed by atoms with van der Waals surface area (Å²) in [6.45, 7) is 3.10. The molecular weight excluding hydrogens is 382 g/mol. The van der Waals surface area contributed by atoms with Gasteiger partial charge in [0.2, 0.25) is 5.88 Å². The van der Waals surface area contributed by atoms with E-state index in [0.29, 0.717) is 13.2 Å². The highest BCUT2D eigenvalue weighted by molar-refractivity contribution is 7.14. The van der Waals surface area contributed by atoms with Gasteiger partial charge in [-0.15, -0.1) is 11.3 Å². The fraction of sp³-hybridized carbons (Fsp3) is 0.375. The van der Waals surface area contributed by atoms with Gasteiger partial charge in [0.25, 0.3) is 5.91 Å². The molecule has 1 amide bonds. The van der Waals surface area contributed by atoms with Crippen molar-refractivity contribution in [1.82, 2.24) is 9.97 Å². The lowest BCUT2D eigenvalue weighted by Crippen LogP contribution is -2.17. The molecule has 1 aliphatic rings. The molecule has 138 valence electrons. The van der Waals surface area contributed by atoms with Gasteiger partial charge in [-0.25, -0.2) is 14.8 Å². The SMILES string of the molecule is CCOC(=O)c1csc(NC(=O)c2cnc(O[C@H]3CCOC3)c(Cl)c2)n1. The Balaban J connectivity index is 1.64. The molecule has 0 unspecified atom stereocenters. The largest absolute Gasteiger partial charge is 0.471 e. The number of rotatable bonds is 6. The maximum Gasteiger partial charge on any atom is 0.357 e. The standard InChI is InChI=1S/C16H16ClN3O5S/c1-2-24-15(22)12-8-26-16(19-12)20-13(21)9-5-11(17)14(18-6-9)25-10-3-4-23-7-10/h5-6,8,10H,2-4,7H2,1H3,(H,19,20,21)/t10-/m0/s1. The molecule has 1 N–H and O–H groups in total. The van der Waals surface area contributed by atoms with E-state index in [1.807, 2.05) is 0 Å². The summed E-state index contributed by atoms with van der Waals surface area (Å²) in [5.41, 5.74) is 0.392. The van der Waals surface area contributed by atoms with Gasteiger partial charge < -0.3 is 14.2 Å². The average molecular weight is 398 g/mol. The van der Waals surface area contributed by atoms with Crippen LogP contribution in [0.2, 0.25) is 5.02 Å². The smallest absolute Gasteiger partial charge is 0.357 e. The maximum absolute atomic E-state index is 12.3. The zero-order valence-electron chi connectivity index (χ0n) is 13.9. The molecule has 0 saturated carbocycles. The highest BCUT2D eigenvalue weighted by Gasteiger charge is 2.20. The van der Waals surface area contributed by atoms with Crippen LogP contribution >= 0.6 is 22.9 Å². The van der Waals surface area contributed by atoms with E-state index in [0.717, 1.165) is 17.8 Å². The van der Waals surface area contributed by atoms with Gasteiger partial charge in [0, 0.05) is 18.0 Å². The Morgan fingerprint density at radius 3 is 3.04 bits per heavy atom. The highest BCUT2D eigenvalue weighted by atomic mass is 35.5. The molecule has 8 nitrogen and oxygen atoms in total. The molecule has 10 heteroatoms. The van der Waals surface area contributed by atoms with E-state index in [9.17, 15) is 9.59 Å². The molecule has 3 rings (SSSR count). The van der Waals surface area contributed by atoms with E-state index in [-0.39, 0.29) is 40.0 Å². The number of esters is 1. The molecule has 26 heavy (non-hydrogen) atoms. The zero-order valence-corrected chi connectivity index (χ0v) is 15.4. The van der Waals surface area contributed by atoms with Crippen LogP contribution < -0.4 is 10.1 Å². The molecule has 2 aromatic heterocycles. The van der Waals surface area contributed by atoms with Crippen LogP contribution in [-0.4, -0.2) is 47.8 Å². The van der Waals surface area contributed by atoms with Gasteiger partial charge in [-0.2, -0.15) is 0 Å². The van der Waals surface area contributed by atoms with Crippen molar-refractivity contribution in [2.24, 2.45) is 0 Å². The molecule has 1 aliphatic heterocycles. The first-order valence-corrected chi connectivity index (χ1v) is 9.16. The number of amides is 1. The van der Waals surface area contributed by atoms with Crippen LogP contribution in [0.25, 0.3) is 0 Å². The number of nitrogens with one attached hydrogen (secondary N) is 1. The van der Waals surface area contributed by atoms with Crippen LogP contribution in [0, 0.1) is 0 Å². The molecular formula is C16H16ClN3O5S. The fourth-order valence-electron chi connectivity index (χ4n) is 2.20. The summed E-state index contributed by atoms with van der Waals surface area (Å²) in [4.78, 5) is 32.0. The number of ether oxygens (including phenoxy) is 3. The Morgan fingerprint density at radius 2 is 2.35 bits per heavy atom. The average Bonchev–Trinajstić information content (AvgIpc) is 3.29. The molecule has 0 radical (unpaired) electrons. The van der Waals surface area contributed by atoms with E-state index in [4.69, 9.17) is 25.8 Å². The van der Waals surface area contributed by atoms with Gasteiger partial charge >= 0.3 is 5.97 Å². The van der Waals surface area contributed by atoms with Crippen LogP contribution in [0.3, 0.4) is 0 Å². The molecule has 0 spiro atoms. The van der Waals surface area contributed by atoms with Crippen LogP contribution in [0.1, 0.15) is 34.2 Å². The molecule has 0 bridgehead atoms. The Bertz CT molecular complexity index is 807. The summed E-state index contributed by atoms with van der Waals surface area (Å²) in [5.74, 6) is -0.719. The third-order valence-electron chi connectivity index (χ3n) is 3.45. The van der Waals surface area contributed by atoms with Crippen LogP contribution in [0.15, 0.2) is 17.6 Å². The minimum absolute atomic E-state index is 0.0868. The summed E-state index contributed by atoms with van der Waals surface area (Å²) in [5, 5.41) is 4.62. The third kappa shape index (κ3) is 4.48. The highest BCUT2D eigenvalue weighted by Crippen LogP contribution is 2.26. The minimum Gasteiger partial charge on any atom is -0.471 e. The van der Waals surface area contributed by atoms with Crippen molar-refractivity contribution in [2.45, 2.75) is 19.4 Å². The predicted molar refractivity (Wildman–Crippen MR) is 95.1 cm³/mol. The number of halogens is 1. The number of nitrogens with zero attached hydrogens (tertiary/aromatic N) is 2. The monoisotopic (exact) mass is 397 g/mol. The first kappa shape index (κ1) is 18.6. The van der Waals surface area contributed by atoms with Crippen LogP contribution in [0.5, 0.6) is 5.88 Å². The second kappa shape index (κ2) is 8.43. The molecule has 2 aromatic rings. The Morgan fingerprint density at radius 1 is 1.50 bits per heavy atom. The third-order valence-corrected chi connectivity index (χ3v) is 4.47. The number of aromatic nitrogens is 2. The second-order valence-electron chi connectivity index (χ2n) is 5.33. The Hall–Kier alpha value is -2.23. The normalized spacial score (nSPS) is 16.3. The second-order valence-corrected chi connectivity index (χ2v) is 6.59. The van der Waals surface area contributed by atoms with Crippen molar-refractivity contribution in [3.05, 3.63) is 33.9 Å². The summed E-state index contributed by atoms with van der Waals surface area (Å²) < 4.78 is 15.7. The number of hydrogen-bond acceptors (Lipinski definition) is 8. The van der Waals surface area contributed by atoms with Gasteiger partial charge in [0.15, 0.2) is 10.8 Å². The van der Waals surface area contributed by atoms with Crippen molar-refractivity contribution in [3.8, 4) is 5.88 Å². The lowest BCUT2D eigenvalue weighted by molar-refractivity contribution is 0.0520. The van der Waals surface area contributed by atoms with Crippen molar-refractivity contribution in [1.29, 1.82) is 0 Å². The van der Waals surface area contributed by atoms with Gasteiger partial charge in [0.1, 0.15) is 11.1 Å². The van der Waals surface area contributed by atoms with Crippen molar-refractivity contribution in [2.75, 3.05) is 25.1 Å². The van der Waals surface area contributed by atoms with Gasteiger partial charge in [-0.05, 0) is 13.0 Å². The van der Waals surface area contributed by atoms with E-state index in [2.05, 4.69) is 15.3 Å². The maximum atomic E-state index is 12.3. The van der Waals surface area contributed by atoms with Crippen molar-refractivity contribution in [3.63, 3.8) is 0 Å². The Labute approximate surface area is 158 Å². The lowest BCUT2D eigenvalue weighted by atomic mass is 10.2. The quantitative estimate of drug-likeness (QED) is 0.748. The Kier molecular flexibility index (Phi) is 6.02. The van der Waals surface area contributed by atoms with Crippen LogP contribution in [0.4, 0.5) is 5.13 Å². The predicted octanol–water partition coefficient (Wildman–Crippen LogP) is 2.79. The van der Waals surface area contributed by atoms with E-state index in [1.165, 1.54) is 17.6 Å². The fourth-order valence-corrected chi connectivity index (χ4v) is 3.08. The number of pyridine rings is 1. The number of carbonyl (C=O) groups is 2. The molecule has 3 heterocycles. The molecule has 1 atom stereocenters. The number of carbonyl (C=O) groups excluding carboxylic acids is 2. The minimum atomic E-state index is -0.536. The van der Waals surface area contributed by atoms with Gasteiger partial charge in [-0.3, -0.25) is 10.1 Å². The lowest BCUT2D eigenvalue weighted by Gasteiger charge is -2.12. The molecule has 1 saturated heterocycles. The van der Waals surface area contributed by atoms with Gasteiger partial charge in [0.05, 0.1) is 25.4 Å². The topological polar surface area (TPSA) is 99.6 Å². The summed E-state index contributed by atoms with van der Waals surface area (Å²) >= 11 is 7.27. The summed E-state index contributed by atoms with van der Waals surface area (Å²) in [7, 11) is 0. The number of anilines is 1. The molecule has 0 aliphatic carbocycles. The van der Waals surface area contributed by atoms with Crippen LogP contribution in [-0.2, 0) is 9.47 Å². The number of hydrogen-bond donors (Lipinski definition) is 1. The van der Waals surface area contributed by atoms with Crippen molar-refractivity contribution >= 4 is 39.9 Å². The van der Waals surface area contributed by atoms with E-state index in [1.54, 1.807) is 6.92 Å². The van der Waals surface area contributed by atoms with E-state index >= 15 is 0 Å². The first-order chi connectivity index (χ1) is 12.6. The first-order valence-electron chi connectivity index (χ1n) is 7.90. The zero-order chi connectivity index (χ0) is 18.5. The van der Waals surface area contributed by atoms with Crippen molar-refractivity contribution < 1.29 is 23.8 Å².